The van der Waals surface area contributed by atoms with Crippen LogP contribution in [0.25, 0.3) is 11.1 Å². The molecule has 136 valence electrons. The molecule has 0 bridgehead atoms. The van der Waals surface area contributed by atoms with Gasteiger partial charge in [-0.25, -0.2) is 9.37 Å². The average Bonchev–Trinajstić information content (AvgIpc) is 3.06. The molecule has 1 aliphatic rings. The number of hydrogen-bond donors (Lipinski definition) is 1. The molecule has 1 saturated heterocycles. The van der Waals surface area contributed by atoms with Gasteiger partial charge in [0.05, 0.1) is 19.3 Å². The molecular formula is C17H18FN5O3. The van der Waals surface area contributed by atoms with E-state index >= 15 is 0 Å². The van der Waals surface area contributed by atoms with Gasteiger partial charge in [0.2, 0.25) is 0 Å². The molecule has 9 heteroatoms. The number of aryl methyl sites for hydroxylation is 1. The summed E-state index contributed by atoms with van der Waals surface area (Å²) in [7, 11) is 1.67. The van der Waals surface area contributed by atoms with Crippen LogP contribution in [0.1, 0.15) is 0 Å². The van der Waals surface area contributed by atoms with Crippen LogP contribution in [-0.2, 0) is 11.8 Å². The summed E-state index contributed by atoms with van der Waals surface area (Å²) in [5, 5.41) is 3.03. The number of oxazole rings is 1. The molecule has 1 fully saturated rings. The zero-order valence-corrected chi connectivity index (χ0v) is 14.2. The van der Waals surface area contributed by atoms with E-state index in [0.717, 1.165) is 0 Å². The molecule has 4 rings (SSSR count). The molecule has 0 aliphatic carbocycles. The summed E-state index contributed by atoms with van der Waals surface area (Å²) < 4.78 is 26.2. The highest BCUT2D eigenvalue weighted by molar-refractivity contribution is 5.74. The van der Waals surface area contributed by atoms with E-state index in [4.69, 9.17) is 9.15 Å². The highest BCUT2D eigenvalue weighted by Gasteiger charge is 2.24. The van der Waals surface area contributed by atoms with Gasteiger partial charge in [0.1, 0.15) is 11.3 Å². The highest BCUT2D eigenvalue weighted by atomic mass is 19.1. The van der Waals surface area contributed by atoms with Crippen molar-refractivity contribution in [1.29, 1.82) is 0 Å². The van der Waals surface area contributed by atoms with Crippen LogP contribution in [0.2, 0.25) is 0 Å². The summed E-state index contributed by atoms with van der Waals surface area (Å²) in [4.78, 5) is 22.3. The SMILES string of the molecule is Cn1ccnc(NC[C@H]2CN(c3nc4cc(F)ccc4o3)CCO2)c1=O. The molecule has 2 aromatic heterocycles. The lowest BCUT2D eigenvalue weighted by Gasteiger charge is -2.31. The van der Waals surface area contributed by atoms with E-state index in [9.17, 15) is 9.18 Å². The number of aromatic nitrogens is 3. The van der Waals surface area contributed by atoms with E-state index in [1.54, 1.807) is 25.5 Å². The topological polar surface area (TPSA) is 85.4 Å². The Morgan fingerprint density at radius 2 is 2.31 bits per heavy atom. The first-order chi connectivity index (χ1) is 12.6. The lowest BCUT2D eigenvalue weighted by atomic mass is 10.3. The first-order valence-corrected chi connectivity index (χ1v) is 8.28. The Morgan fingerprint density at radius 3 is 3.19 bits per heavy atom. The van der Waals surface area contributed by atoms with Gasteiger partial charge >= 0.3 is 0 Å². The fraction of sp³-hybridized carbons (Fsp3) is 0.353. The third-order valence-electron chi connectivity index (χ3n) is 4.26. The van der Waals surface area contributed by atoms with Crippen LogP contribution in [0.15, 0.2) is 39.8 Å². The molecule has 0 amide bonds. The van der Waals surface area contributed by atoms with E-state index in [1.807, 2.05) is 4.90 Å². The number of ether oxygens (including phenoxy) is 1. The van der Waals surface area contributed by atoms with Crippen molar-refractivity contribution in [3.8, 4) is 0 Å². The number of halogens is 1. The summed E-state index contributed by atoms with van der Waals surface area (Å²) in [6, 6.07) is 4.69. The average molecular weight is 359 g/mol. The van der Waals surface area contributed by atoms with Gasteiger partial charge in [-0.1, -0.05) is 0 Å². The maximum absolute atomic E-state index is 13.3. The quantitative estimate of drug-likeness (QED) is 0.753. The minimum atomic E-state index is -0.349. The fourth-order valence-corrected chi connectivity index (χ4v) is 2.87. The summed E-state index contributed by atoms with van der Waals surface area (Å²) in [6.45, 7) is 2.09. The Bertz CT molecular complexity index is 986. The lowest BCUT2D eigenvalue weighted by Crippen LogP contribution is -2.46. The van der Waals surface area contributed by atoms with Crippen molar-refractivity contribution >= 4 is 22.9 Å². The molecule has 1 aliphatic heterocycles. The molecule has 1 aromatic carbocycles. The molecule has 0 radical (unpaired) electrons. The number of fused-ring (bicyclic) bond motifs is 1. The molecule has 3 aromatic rings. The van der Waals surface area contributed by atoms with Crippen LogP contribution in [0.4, 0.5) is 16.2 Å². The maximum atomic E-state index is 13.3. The molecular weight excluding hydrogens is 341 g/mol. The Labute approximate surface area is 148 Å². The van der Waals surface area contributed by atoms with Crippen molar-refractivity contribution in [3.63, 3.8) is 0 Å². The second-order valence-electron chi connectivity index (χ2n) is 6.12. The summed E-state index contributed by atoms with van der Waals surface area (Å²) in [6.07, 6.45) is 3.00. The number of nitrogens with zero attached hydrogens (tertiary/aromatic N) is 4. The van der Waals surface area contributed by atoms with Crippen molar-refractivity contribution in [2.75, 3.05) is 36.5 Å². The predicted octanol–water partition coefficient (Wildman–Crippen LogP) is 1.38. The molecule has 1 N–H and O–H groups in total. The van der Waals surface area contributed by atoms with Gasteiger partial charge < -0.3 is 23.9 Å². The van der Waals surface area contributed by atoms with Crippen molar-refractivity contribution in [2.45, 2.75) is 6.10 Å². The molecule has 0 spiro atoms. The zero-order chi connectivity index (χ0) is 18.1. The number of anilines is 2. The Kier molecular flexibility index (Phi) is 4.29. The first kappa shape index (κ1) is 16.5. The van der Waals surface area contributed by atoms with Crippen molar-refractivity contribution in [1.82, 2.24) is 14.5 Å². The third kappa shape index (κ3) is 3.25. The van der Waals surface area contributed by atoms with Crippen molar-refractivity contribution < 1.29 is 13.5 Å². The minimum absolute atomic E-state index is 0.165. The molecule has 8 nitrogen and oxygen atoms in total. The number of hydrogen-bond acceptors (Lipinski definition) is 7. The standard InChI is InChI=1S/C17H18FN5O3/c1-22-5-4-19-15(16(22)24)20-9-12-10-23(6-7-25-12)17-21-13-8-11(18)2-3-14(13)26-17/h2-5,8,12H,6-7,9-10H2,1H3,(H,19,20)/t12-/m0/s1. The third-order valence-corrected chi connectivity index (χ3v) is 4.26. The van der Waals surface area contributed by atoms with Crippen LogP contribution >= 0.6 is 0 Å². The number of nitrogens with one attached hydrogen (secondary N) is 1. The summed E-state index contributed by atoms with van der Waals surface area (Å²) >= 11 is 0. The molecule has 26 heavy (non-hydrogen) atoms. The minimum Gasteiger partial charge on any atom is -0.423 e. The van der Waals surface area contributed by atoms with Crippen LogP contribution in [0.5, 0.6) is 0 Å². The maximum Gasteiger partial charge on any atom is 0.298 e. The monoisotopic (exact) mass is 359 g/mol. The van der Waals surface area contributed by atoms with Gasteiger partial charge in [0.25, 0.3) is 11.6 Å². The predicted molar refractivity (Wildman–Crippen MR) is 93.9 cm³/mol. The Hall–Kier alpha value is -2.94. The van der Waals surface area contributed by atoms with Gasteiger partial charge in [-0.3, -0.25) is 4.79 Å². The van der Waals surface area contributed by atoms with Crippen molar-refractivity contribution in [2.24, 2.45) is 7.05 Å². The zero-order valence-electron chi connectivity index (χ0n) is 14.2. The van der Waals surface area contributed by atoms with Gasteiger partial charge in [0, 0.05) is 38.6 Å². The largest absolute Gasteiger partial charge is 0.423 e. The van der Waals surface area contributed by atoms with Gasteiger partial charge in [0.15, 0.2) is 11.4 Å². The number of benzene rings is 1. The first-order valence-electron chi connectivity index (χ1n) is 8.28. The van der Waals surface area contributed by atoms with Crippen LogP contribution in [0, 0.1) is 5.82 Å². The Morgan fingerprint density at radius 1 is 1.42 bits per heavy atom. The van der Waals surface area contributed by atoms with Gasteiger partial charge in [-0.15, -0.1) is 0 Å². The summed E-state index contributed by atoms with van der Waals surface area (Å²) in [5.41, 5.74) is 0.832. The Balaban J connectivity index is 1.45. The van der Waals surface area contributed by atoms with Crippen LogP contribution in [-0.4, -0.2) is 46.9 Å². The second-order valence-corrected chi connectivity index (χ2v) is 6.12. The number of rotatable bonds is 4. The van der Waals surface area contributed by atoms with E-state index in [0.29, 0.717) is 43.4 Å². The van der Waals surface area contributed by atoms with Gasteiger partial charge in [-0.05, 0) is 12.1 Å². The fourth-order valence-electron chi connectivity index (χ4n) is 2.87. The number of morpholine rings is 1. The van der Waals surface area contributed by atoms with Crippen molar-refractivity contribution in [3.05, 3.63) is 46.8 Å². The van der Waals surface area contributed by atoms with E-state index in [2.05, 4.69) is 15.3 Å². The molecule has 0 unspecified atom stereocenters. The van der Waals surface area contributed by atoms with Crippen LogP contribution in [0.3, 0.4) is 0 Å². The normalized spacial score (nSPS) is 17.6. The van der Waals surface area contributed by atoms with Gasteiger partial charge in [-0.2, -0.15) is 4.98 Å². The lowest BCUT2D eigenvalue weighted by molar-refractivity contribution is 0.0475. The highest BCUT2D eigenvalue weighted by Crippen LogP contribution is 2.24. The molecule has 3 heterocycles. The van der Waals surface area contributed by atoms with E-state index in [1.165, 1.54) is 16.7 Å². The molecule has 1 atom stereocenters. The van der Waals surface area contributed by atoms with Crippen LogP contribution < -0.4 is 15.8 Å². The van der Waals surface area contributed by atoms with E-state index < -0.39 is 0 Å². The summed E-state index contributed by atoms with van der Waals surface area (Å²) in [5.74, 6) is -0.0635. The molecule has 0 saturated carbocycles. The van der Waals surface area contributed by atoms with E-state index in [-0.39, 0.29) is 23.3 Å². The second kappa shape index (κ2) is 6.75. The smallest absolute Gasteiger partial charge is 0.298 e.